The lowest BCUT2D eigenvalue weighted by Crippen LogP contribution is -2.41. The molecule has 0 aromatic rings. The van der Waals surface area contributed by atoms with Crippen molar-refractivity contribution in [2.45, 2.75) is 58.4 Å². The minimum absolute atomic E-state index is 0.184. The monoisotopic (exact) mass is 271 g/mol. The summed E-state index contributed by atoms with van der Waals surface area (Å²) in [4.78, 5) is 13.9. The third-order valence-electron chi connectivity index (χ3n) is 3.37. The average molecular weight is 271 g/mol. The predicted molar refractivity (Wildman–Crippen MR) is 82.1 cm³/mol. The first-order valence-corrected chi connectivity index (χ1v) is 7.60. The van der Waals surface area contributed by atoms with E-state index in [0.717, 1.165) is 45.2 Å². The van der Waals surface area contributed by atoms with Gasteiger partial charge in [-0.2, -0.15) is 0 Å². The summed E-state index contributed by atoms with van der Waals surface area (Å²) < 4.78 is 0. The molecule has 0 saturated heterocycles. The lowest BCUT2D eigenvalue weighted by molar-refractivity contribution is -0.121. The van der Waals surface area contributed by atoms with Crippen LogP contribution in [0.25, 0.3) is 0 Å². The van der Waals surface area contributed by atoms with Gasteiger partial charge in [0, 0.05) is 19.0 Å². The standard InChI is InChI=1S/C15H33N3O/c1-13(2)11-14(18(3)4)12-17-15(19)9-7-5-6-8-10-16/h13-14H,5-12,16H2,1-4H3,(H,17,19). The van der Waals surface area contributed by atoms with E-state index in [2.05, 4.69) is 38.2 Å². The van der Waals surface area contributed by atoms with Gasteiger partial charge in [0.1, 0.15) is 0 Å². The molecular formula is C15H33N3O. The second-order valence-corrected chi connectivity index (χ2v) is 6.00. The Morgan fingerprint density at radius 3 is 2.32 bits per heavy atom. The molecule has 0 rings (SSSR count). The summed E-state index contributed by atoms with van der Waals surface area (Å²) >= 11 is 0. The largest absolute Gasteiger partial charge is 0.355 e. The number of rotatable bonds is 11. The van der Waals surface area contributed by atoms with Crippen molar-refractivity contribution in [1.29, 1.82) is 0 Å². The molecule has 0 aliphatic rings. The Labute approximate surface area is 119 Å². The minimum Gasteiger partial charge on any atom is -0.355 e. The number of hydrogen-bond acceptors (Lipinski definition) is 3. The number of nitrogens with two attached hydrogens (primary N) is 1. The quantitative estimate of drug-likeness (QED) is 0.565. The van der Waals surface area contributed by atoms with Crippen LogP contribution >= 0.6 is 0 Å². The number of unbranched alkanes of at least 4 members (excludes halogenated alkanes) is 3. The van der Waals surface area contributed by atoms with Gasteiger partial charge in [-0.25, -0.2) is 0 Å². The molecule has 1 unspecified atom stereocenters. The Bertz CT molecular complexity index is 229. The average Bonchev–Trinajstić information content (AvgIpc) is 2.33. The Balaban J connectivity index is 3.73. The number of hydrogen-bond donors (Lipinski definition) is 2. The van der Waals surface area contributed by atoms with Crippen LogP contribution in [0.3, 0.4) is 0 Å². The fraction of sp³-hybridized carbons (Fsp3) is 0.933. The van der Waals surface area contributed by atoms with Gasteiger partial charge < -0.3 is 16.0 Å². The second-order valence-electron chi connectivity index (χ2n) is 6.00. The fourth-order valence-electron chi connectivity index (χ4n) is 2.12. The van der Waals surface area contributed by atoms with Gasteiger partial charge in [-0.3, -0.25) is 4.79 Å². The van der Waals surface area contributed by atoms with E-state index < -0.39 is 0 Å². The van der Waals surface area contributed by atoms with Crippen LogP contribution in [0.4, 0.5) is 0 Å². The molecule has 0 aliphatic carbocycles. The Morgan fingerprint density at radius 2 is 1.79 bits per heavy atom. The molecule has 114 valence electrons. The number of nitrogens with zero attached hydrogens (tertiary/aromatic N) is 1. The molecule has 0 aliphatic heterocycles. The van der Waals surface area contributed by atoms with Crippen molar-refractivity contribution in [2.24, 2.45) is 11.7 Å². The highest BCUT2D eigenvalue weighted by atomic mass is 16.1. The summed E-state index contributed by atoms with van der Waals surface area (Å²) in [7, 11) is 4.15. The third kappa shape index (κ3) is 11.0. The van der Waals surface area contributed by atoms with E-state index in [1.807, 2.05) is 0 Å². The van der Waals surface area contributed by atoms with Gasteiger partial charge in [0.25, 0.3) is 0 Å². The summed E-state index contributed by atoms with van der Waals surface area (Å²) in [6.07, 6.45) is 6.04. The van der Waals surface area contributed by atoms with Crippen LogP contribution in [-0.2, 0) is 4.79 Å². The highest BCUT2D eigenvalue weighted by Gasteiger charge is 2.14. The van der Waals surface area contributed by atoms with Crippen LogP contribution < -0.4 is 11.1 Å². The minimum atomic E-state index is 0.184. The van der Waals surface area contributed by atoms with Crippen molar-refractivity contribution in [3.05, 3.63) is 0 Å². The maximum absolute atomic E-state index is 11.7. The molecule has 0 aromatic carbocycles. The van der Waals surface area contributed by atoms with Gasteiger partial charge in [-0.05, 0) is 45.8 Å². The number of amides is 1. The summed E-state index contributed by atoms with van der Waals surface area (Å²) in [6, 6.07) is 0.432. The summed E-state index contributed by atoms with van der Waals surface area (Å²) in [5, 5.41) is 3.06. The second kappa shape index (κ2) is 11.2. The molecule has 0 heterocycles. The first kappa shape index (κ1) is 18.4. The normalized spacial score (nSPS) is 13.0. The van der Waals surface area contributed by atoms with Gasteiger partial charge in [-0.15, -0.1) is 0 Å². The molecule has 1 amide bonds. The molecular weight excluding hydrogens is 238 g/mol. The van der Waals surface area contributed by atoms with E-state index in [-0.39, 0.29) is 5.91 Å². The molecule has 19 heavy (non-hydrogen) atoms. The number of likely N-dealkylation sites (N-methyl/N-ethyl adjacent to an activating group) is 1. The summed E-state index contributed by atoms with van der Waals surface area (Å²) in [5.74, 6) is 0.837. The molecule has 0 spiro atoms. The molecule has 0 bridgehead atoms. The van der Waals surface area contributed by atoms with Crippen molar-refractivity contribution in [3.63, 3.8) is 0 Å². The molecule has 1 atom stereocenters. The van der Waals surface area contributed by atoms with Gasteiger partial charge in [-0.1, -0.05) is 26.7 Å². The van der Waals surface area contributed by atoms with Crippen LogP contribution in [0, 0.1) is 5.92 Å². The van der Waals surface area contributed by atoms with Crippen molar-refractivity contribution in [3.8, 4) is 0 Å². The molecule has 0 aromatic heterocycles. The van der Waals surface area contributed by atoms with Gasteiger partial charge in [0.2, 0.25) is 5.91 Å². The predicted octanol–water partition coefficient (Wildman–Crippen LogP) is 1.99. The zero-order valence-corrected chi connectivity index (χ0v) is 13.2. The van der Waals surface area contributed by atoms with Crippen molar-refractivity contribution in [2.75, 3.05) is 27.2 Å². The van der Waals surface area contributed by atoms with Crippen LogP contribution in [0.1, 0.15) is 52.4 Å². The van der Waals surface area contributed by atoms with Gasteiger partial charge in [0.05, 0.1) is 0 Å². The van der Waals surface area contributed by atoms with E-state index in [1.54, 1.807) is 0 Å². The first-order chi connectivity index (χ1) is 8.97. The Kier molecular flexibility index (Phi) is 10.9. The van der Waals surface area contributed by atoms with E-state index in [4.69, 9.17) is 5.73 Å². The number of nitrogens with one attached hydrogen (secondary N) is 1. The lowest BCUT2D eigenvalue weighted by atomic mass is 10.0. The molecule has 3 N–H and O–H groups in total. The van der Waals surface area contributed by atoms with Gasteiger partial charge >= 0.3 is 0 Å². The molecule has 4 nitrogen and oxygen atoms in total. The lowest BCUT2D eigenvalue weighted by Gasteiger charge is -2.26. The van der Waals surface area contributed by atoms with Crippen molar-refractivity contribution in [1.82, 2.24) is 10.2 Å². The smallest absolute Gasteiger partial charge is 0.220 e. The van der Waals surface area contributed by atoms with Crippen LogP contribution in [-0.4, -0.2) is 44.0 Å². The van der Waals surface area contributed by atoms with E-state index in [1.165, 1.54) is 0 Å². The van der Waals surface area contributed by atoms with E-state index in [0.29, 0.717) is 18.4 Å². The van der Waals surface area contributed by atoms with Crippen LogP contribution in [0.15, 0.2) is 0 Å². The summed E-state index contributed by atoms with van der Waals surface area (Å²) in [6.45, 7) is 5.95. The molecule has 0 fully saturated rings. The zero-order chi connectivity index (χ0) is 14.7. The molecule has 0 saturated carbocycles. The van der Waals surface area contributed by atoms with Gasteiger partial charge in [0.15, 0.2) is 0 Å². The summed E-state index contributed by atoms with van der Waals surface area (Å²) in [5.41, 5.74) is 5.44. The maximum Gasteiger partial charge on any atom is 0.220 e. The maximum atomic E-state index is 11.7. The van der Waals surface area contributed by atoms with Crippen LogP contribution in [0.2, 0.25) is 0 Å². The van der Waals surface area contributed by atoms with E-state index >= 15 is 0 Å². The van der Waals surface area contributed by atoms with Crippen LogP contribution in [0.5, 0.6) is 0 Å². The molecule has 4 heteroatoms. The fourth-order valence-corrected chi connectivity index (χ4v) is 2.12. The topological polar surface area (TPSA) is 58.4 Å². The SMILES string of the molecule is CC(C)CC(CNC(=O)CCCCCCN)N(C)C. The number of carbonyl (C=O) groups is 1. The first-order valence-electron chi connectivity index (χ1n) is 7.60. The Hall–Kier alpha value is -0.610. The Morgan fingerprint density at radius 1 is 1.16 bits per heavy atom. The highest BCUT2D eigenvalue weighted by molar-refractivity contribution is 5.75. The highest BCUT2D eigenvalue weighted by Crippen LogP contribution is 2.08. The third-order valence-corrected chi connectivity index (χ3v) is 3.37. The van der Waals surface area contributed by atoms with Crippen molar-refractivity contribution >= 4 is 5.91 Å². The number of carbonyl (C=O) groups excluding carboxylic acids is 1. The van der Waals surface area contributed by atoms with Crippen molar-refractivity contribution < 1.29 is 4.79 Å². The van der Waals surface area contributed by atoms with E-state index in [9.17, 15) is 4.79 Å². The molecule has 0 radical (unpaired) electrons. The zero-order valence-electron chi connectivity index (χ0n) is 13.2.